The molecular formula is C46H28O. The third-order valence-corrected chi connectivity index (χ3v) is 9.81. The minimum Gasteiger partial charge on any atom is -0.456 e. The summed E-state index contributed by atoms with van der Waals surface area (Å²) in [7, 11) is 0. The first-order valence-corrected chi connectivity index (χ1v) is 16.2. The zero-order valence-corrected chi connectivity index (χ0v) is 25.6. The van der Waals surface area contributed by atoms with Gasteiger partial charge in [-0.05, 0) is 107 Å². The normalized spacial score (nSPS) is 12.0. The summed E-state index contributed by atoms with van der Waals surface area (Å²) in [6.45, 7) is 0. The Balaban J connectivity index is 1.21. The van der Waals surface area contributed by atoms with E-state index in [1.165, 1.54) is 82.0 Å². The Kier molecular flexibility index (Phi) is 5.64. The summed E-state index contributed by atoms with van der Waals surface area (Å²) in [6.07, 6.45) is 0. The lowest BCUT2D eigenvalue weighted by Crippen LogP contribution is -1.97. The van der Waals surface area contributed by atoms with Gasteiger partial charge in [-0.25, -0.2) is 0 Å². The summed E-state index contributed by atoms with van der Waals surface area (Å²) in [5, 5.41) is 9.85. The number of benzene rings is 9. The fourth-order valence-corrected chi connectivity index (χ4v) is 7.68. The van der Waals surface area contributed by atoms with E-state index >= 15 is 0 Å². The lowest BCUT2D eigenvalue weighted by molar-refractivity contribution is 0.487. The quantitative estimate of drug-likeness (QED) is 0.184. The Morgan fingerprint density at radius 3 is 1.57 bits per heavy atom. The van der Waals surface area contributed by atoms with E-state index in [1.807, 2.05) is 0 Å². The largest absolute Gasteiger partial charge is 0.456 e. The molecule has 10 rings (SSSR count). The predicted octanol–water partition coefficient (Wildman–Crippen LogP) is 13.1. The molecule has 0 aliphatic carbocycles. The molecule has 0 spiro atoms. The maximum Gasteiger partial charge on any atom is 0.135 e. The van der Waals surface area contributed by atoms with E-state index in [2.05, 4.69) is 170 Å². The van der Waals surface area contributed by atoms with Gasteiger partial charge in [0, 0.05) is 10.9 Å². The molecule has 9 aromatic carbocycles. The highest BCUT2D eigenvalue weighted by Gasteiger charge is 2.22. The van der Waals surface area contributed by atoms with Crippen LogP contribution in [0.5, 0.6) is 11.5 Å². The van der Waals surface area contributed by atoms with E-state index in [1.54, 1.807) is 0 Å². The highest BCUT2D eigenvalue weighted by Crippen LogP contribution is 2.50. The molecule has 1 nitrogen and oxygen atoms in total. The molecule has 1 aliphatic heterocycles. The Labute approximate surface area is 272 Å². The van der Waals surface area contributed by atoms with E-state index in [0.29, 0.717) is 0 Å². The Morgan fingerprint density at radius 2 is 0.872 bits per heavy atom. The molecule has 1 heteroatoms. The maximum atomic E-state index is 6.46. The molecule has 0 saturated heterocycles. The monoisotopic (exact) mass is 596 g/mol. The van der Waals surface area contributed by atoms with E-state index in [0.717, 1.165) is 17.1 Å². The molecule has 0 bridgehead atoms. The van der Waals surface area contributed by atoms with E-state index in [4.69, 9.17) is 4.74 Å². The molecule has 0 aromatic heterocycles. The second-order valence-corrected chi connectivity index (χ2v) is 12.5. The molecule has 1 aliphatic rings. The fraction of sp³-hybridized carbons (Fsp3) is 0. The van der Waals surface area contributed by atoms with Crippen molar-refractivity contribution in [3.8, 4) is 56.0 Å². The minimum atomic E-state index is 0.899. The van der Waals surface area contributed by atoms with Gasteiger partial charge in [0.25, 0.3) is 0 Å². The lowest BCUT2D eigenvalue weighted by atomic mass is 9.84. The van der Waals surface area contributed by atoms with Gasteiger partial charge in [-0.15, -0.1) is 0 Å². The molecule has 0 fully saturated rings. The molecule has 1 heterocycles. The van der Waals surface area contributed by atoms with Gasteiger partial charge in [-0.3, -0.25) is 0 Å². The van der Waals surface area contributed by atoms with Gasteiger partial charge in [0.15, 0.2) is 0 Å². The molecule has 0 saturated carbocycles. The van der Waals surface area contributed by atoms with Crippen molar-refractivity contribution in [1.29, 1.82) is 0 Å². The van der Waals surface area contributed by atoms with Gasteiger partial charge < -0.3 is 4.74 Å². The average Bonchev–Trinajstić information content (AvgIpc) is 3.14. The summed E-state index contributed by atoms with van der Waals surface area (Å²) < 4.78 is 6.46. The molecule has 0 atom stereocenters. The summed E-state index contributed by atoms with van der Waals surface area (Å²) >= 11 is 0. The molecule has 0 amide bonds. The molecule has 0 radical (unpaired) electrons. The van der Waals surface area contributed by atoms with Crippen molar-refractivity contribution in [3.63, 3.8) is 0 Å². The zero-order chi connectivity index (χ0) is 30.9. The topological polar surface area (TPSA) is 9.23 Å². The third-order valence-electron chi connectivity index (χ3n) is 9.81. The molecule has 0 N–H and O–H groups in total. The van der Waals surface area contributed by atoms with Crippen LogP contribution in [0.15, 0.2) is 170 Å². The molecule has 0 unspecified atom stereocenters. The van der Waals surface area contributed by atoms with Crippen molar-refractivity contribution in [1.82, 2.24) is 0 Å². The SMILES string of the molecule is c1ccc(-c2ccc3ccc(-c4c5ccccc5c(-c5ccc6c(c5)-c5cccc7cccc(c57)O6)c5ccccc45)cc3c2)cc1. The summed E-state index contributed by atoms with van der Waals surface area (Å²) in [6, 6.07) is 61.6. The predicted molar refractivity (Wildman–Crippen MR) is 198 cm³/mol. The highest BCUT2D eigenvalue weighted by atomic mass is 16.5. The number of hydrogen-bond acceptors (Lipinski definition) is 1. The van der Waals surface area contributed by atoms with Crippen LogP contribution in [0, 0.1) is 0 Å². The van der Waals surface area contributed by atoms with Crippen molar-refractivity contribution >= 4 is 43.1 Å². The standard InChI is InChI=1S/C46H28O/c1-2-10-29(11-3-1)32-22-20-30-21-23-33(27-35(30)26-32)44-36-14-4-6-16-38(36)45(39-17-7-5-15-37(39)44)34-24-25-42-41(28-34)40-18-8-12-31-13-9-19-43(47-42)46(31)40/h1-28H. The van der Waals surface area contributed by atoms with Crippen molar-refractivity contribution in [2.45, 2.75) is 0 Å². The number of rotatable bonds is 3. The van der Waals surface area contributed by atoms with Crippen LogP contribution in [-0.2, 0) is 0 Å². The number of ether oxygens (including phenoxy) is 1. The van der Waals surface area contributed by atoms with Crippen LogP contribution < -0.4 is 4.74 Å². The van der Waals surface area contributed by atoms with Gasteiger partial charge in [0.05, 0.1) is 0 Å². The second-order valence-electron chi connectivity index (χ2n) is 12.5. The molecule has 47 heavy (non-hydrogen) atoms. The van der Waals surface area contributed by atoms with Crippen LogP contribution in [0.4, 0.5) is 0 Å². The van der Waals surface area contributed by atoms with Crippen molar-refractivity contribution in [2.75, 3.05) is 0 Å². The molecule has 218 valence electrons. The maximum absolute atomic E-state index is 6.46. The smallest absolute Gasteiger partial charge is 0.135 e. The van der Waals surface area contributed by atoms with Crippen LogP contribution >= 0.6 is 0 Å². The van der Waals surface area contributed by atoms with Crippen LogP contribution in [0.1, 0.15) is 0 Å². The summed E-state index contributed by atoms with van der Waals surface area (Å²) in [4.78, 5) is 0. The van der Waals surface area contributed by atoms with Crippen LogP contribution in [-0.4, -0.2) is 0 Å². The van der Waals surface area contributed by atoms with E-state index < -0.39 is 0 Å². The number of hydrogen-bond donors (Lipinski definition) is 0. The van der Waals surface area contributed by atoms with Gasteiger partial charge in [0.1, 0.15) is 11.5 Å². The first-order valence-electron chi connectivity index (χ1n) is 16.2. The Hall–Kier alpha value is -6.18. The fourth-order valence-electron chi connectivity index (χ4n) is 7.68. The van der Waals surface area contributed by atoms with Crippen LogP contribution in [0.2, 0.25) is 0 Å². The van der Waals surface area contributed by atoms with E-state index in [9.17, 15) is 0 Å². The summed E-state index contributed by atoms with van der Waals surface area (Å²) in [5.74, 6) is 1.82. The Morgan fingerprint density at radius 1 is 0.298 bits per heavy atom. The highest BCUT2D eigenvalue weighted by molar-refractivity contribution is 6.22. The Bertz CT molecular complexity index is 2640. The van der Waals surface area contributed by atoms with Crippen LogP contribution in [0.3, 0.4) is 0 Å². The first-order chi connectivity index (χ1) is 23.3. The second kappa shape index (κ2) is 10.2. The van der Waals surface area contributed by atoms with Gasteiger partial charge >= 0.3 is 0 Å². The molecule has 9 aromatic rings. The van der Waals surface area contributed by atoms with E-state index in [-0.39, 0.29) is 0 Å². The lowest BCUT2D eigenvalue weighted by Gasteiger charge is -2.23. The van der Waals surface area contributed by atoms with Gasteiger partial charge in [-0.2, -0.15) is 0 Å². The van der Waals surface area contributed by atoms with Gasteiger partial charge in [0.2, 0.25) is 0 Å². The van der Waals surface area contributed by atoms with Crippen molar-refractivity contribution in [3.05, 3.63) is 170 Å². The van der Waals surface area contributed by atoms with Crippen molar-refractivity contribution < 1.29 is 4.74 Å². The van der Waals surface area contributed by atoms with Gasteiger partial charge in [-0.1, -0.05) is 140 Å². The zero-order valence-electron chi connectivity index (χ0n) is 25.6. The van der Waals surface area contributed by atoms with Crippen LogP contribution in [0.25, 0.3) is 87.6 Å². The first kappa shape index (κ1) is 26.1. The average molecular weight is 597 g/mol. The molecular weight excluding hydrogens is 569 g/mol. The third kappa shape index (κ3) is 4.03. The van der Waals surface area contributed by atoms with Crippen molar-refractivity contribution in [2.24, 2.45) is 0 Å². The minimum absolute atomic E-state index is 0.899. The summed E-state index contributed by atoms with van der Waals surface area (Å²) in [5.41, 5.74) is 9.75. The number of fused-ring (bicyclic) bond motifs is 5.